The molecule has 10 heteroatoms. The Kier molecular flexibility index (Phi) is 8.21. The number of ether oxygens (including phenoxy) is 2. The van der Waals surface area contributed by atoms with E-state index < -0.39 is 21.8 Å². The van der Waals surface area contributed by atoms with Crippen LogP contribution in [0.25, 0.3) is 0 Å². The third-order valence-corrected chi connectivity index (χ3v) is 7.24. The highest BCUT2D eigenvalue weighted by molar-refractivity contribution is 7.91. The third kappa shape index (κ3) is 6.05. The van der Waals surface area contributed by atoms with Crippen LogP contribution in [0.3, 0.4) is 0 Å². The molecule has 0 bridgehead atoms. The monoisotopic (exact) mass is 463 g/mol. The average Bonchev–Trinajstić information content (AvgIpc) is 2.80. The van der Waals surface area contributed by atoms with Crippen LogP contribution in [0.15, 0.2) is 58.3 Å². The number of methoxy groups -OCH3 is 1. The van der Waals surface area contributed by atoms with Crippen molar-refractivity contribution in [3.63, 3.8) is 0 Å². The Hall–Kier alpha value is -2.50. The molecule has 2 aromatic carbocycles. The van der Waals surface area contributed by atoms with Gasteiger partial charge in [-0.1, -0.05) is 12.1 Å². The molecule has 1 amide bonds. The number of rotatable bonds is 10. The predicted octanol–water partition coefficient (Wildman–Crippen LogP) is 1.30. The third-order valence-electron chi connectivity index (χ3n) is 5.46. The second-order valence-electron chi connectivity index (χ2n) is 7.58. The van der Waals surface area contributed by atoms with E-state index in [1.165, 1.54) is 31.4 Å². The molecule has 3 N–H and O–H groups in total. The lowest BCUT2D eigenvalue weighted by atomic mass is 10.1. The Morgan fingerprint density at radius 1 is 1.12 bits per heavy atom. The average molecular weight is 464 g/mol. The molecular weight excluding hydrogens is 434 g/mol. The number of hydrogen-bond acceptors (Lipinski definition) is 8. The van der Waals surface area contributed by atoms with Crippen LogP contribution in [0, 0.1) is 0 Å². The molecule has 2 aromatic rings. The van der Waals surface area contributed by atoms with Crippen molar-refractivity contribution >= 4 is 15.7 Å². The van der Waals surface area contributed by atoms with E-state index in [4.69, 9.17) is 15.2 Å². The maximum absolute atomic E-state index is 12.8. The largest absolute Gasteiger partial charge is 0.497 e. The van der Waals surface area contributed by atoms with Crippen LogP contribution >= 0.6 is 0 Å². The van der Waals surface area contributed by atoms with Gasteiger partial charge in [0.1, 0.15) is 11.8 Å². The molecule has 0 radical (unpaired) electrons. The van der Waals surface area contributed by atoms with Crippen molar-refractivity contribution in [2.75, 3.05) is 40.0 Å². The van der Waals surface area contributed by atoms with Gasteiger partial charge < -0.3 is 20.4 Å². The van der Waals surface area contributed by atoms with Crippen molar-refractivity contribution in [2.45, 2.75) is 28.8 Å². The van der Waals surface area contributed by atoms with Crippen molar-refractivity contribution in [2.24, 2.45) is 5.73 Å². The summed E-state index contributed by atoms with van der Waals surface area (Å²) in [7, 11) is -2.17. The molecule has 3 rings (SSSR count). The molecule has 0 aromatic heterocycles. The number of nitrogens with zero attached hydrogens (tertiary/aromatic N) is 2. The summed E-state index contributed by atoms with van der Waals surface area (Å²) in [5.41, 5.74) is 6.15. The molecule has 9 nitrogen and oxygen atoms in total. The number of nitrogens with two attached hydrogens (primary N) is 1. The van der Waals surface area contributed by atoms with Crippen molar-refractivity contribution in [3.05, 3.63) is 54.1 Å². The summed E-state index contributed by atoms with van der Waals surface area (Å²) in [5, 5.41) is 11.4. The van der Waals surface area contributed by atoms with E-state index in [0.29, 0.717) is 37.5 Å². The Labute approximate surface area is 188 Å². The van der Waals surface area contributed by atoms with Gasteiger partial charge >= 0.3 is 0 Å². The second-order valence-corrected chi connectivity index (χ2v) is 9.53. The molecule has 1 aliphatic rings. The molecule has 1 fully saturated rings. The van der Waals surface area contributed by atoms with Crippen LogP contribution in [-0.2, 0) is 25.9 Å². The molecule has 1 aliphatic heterocycles. The Balaban J connectivity index is 1.64. The van der Waals surface area contributed by atoms with E-state index in [0.717, 1.165) is 18.2 Å². The molecule has 1 heterocycles. The van der Waals surface area contributed by atoms with E-state index in [-0.39, 0.29) is 16.3 Å². The zero-order valence-corrected chi connectivity index (χ0v) is 18.8. The van der Waals surface area contributed by atoms with Crippen molar-refractivity contribution in [1.29, 1.82) is 0 Å². The van der Waals surface area contributed by atoms with Gasteiger partial charge in [-0.05, 0) is 48.4 Å². The lowest BCUT2D eigenvalue weighted by Gasteiger charge is -2.29. The number of hydrogen-bond donors (Lipinski definition) is 2. The first kappa shape index (κ1) is 24.1. The molecule has 1 unspecified atom stereocenters. The van der Waals surface area contributed by atoms with Crippen LogP contribution in [0.2, 0.25) is 0 Å². The number of sulfone groups is 1. The molecule has 0 spiro atoms. The minimum absolute atomic E-state index is 0.0413. The van der Waals surface area contributed by atoms with Crippen molar-refractivity contribution < 1.29 is 27.9 Å². The van der Waals surface area contributed by atoms with Crippen LogP contribution in [-0.4, -0.2) is 75.5 Å². The minimum Gasteiger partial charge on any atom is -0.497 e. The van der Waals surface area contributed by atoms with Crippen LogP contribution < -0.4 is 10.5 Å². The first-order valence-corrected chi connectivity index (χ1v) is 11.8. The lowest BCUT2D eigenvalue weighted by molar-refractivity contribution is -0.158. The molecule has 0 aliphatic carbocycles. The quantitative estimate of drug-likeness (QED) is 0.506. The number of carbonyl (C=O) groups is 1. The SMILES string of the molecule is COc1ccc(S(=O)(=O)c2ccc(CN(O)C(CCN3CCOCC3)C(N)=O)cc2)cc1. The summed E-state index contributed by atoms with van der Waals surface area (Å²) in [4.78, 5) is 14.3. The smallest absolute Gasteiger partial charge is 0.237 e. The van der Waals surface area contributed by atoms with Gasteiger partial charge in [0.2, 0.25) is 15.7 Å². The first-order chi connectivity index (χ1) is 15.3. The summed E-state index contributed by atoms with van der Waals surface area (Å²) in [5.74, 6) is -0.0422. The summed E-state index contributed by atoms with van der Waals surface area (Å²) >= 11 is 0. The molecule has 0 saturated carbocycles. The van der Waals surface area contributed by atoms with Crippen LogP contribution in [0.1, 0.15) is 12.0 Å². The molecular formula is C22H29N3O6S. The molecule has 174 valence electrons. The summed E-state index contributed by atoms with van der Waals surface area (Å²) in [6.07, 6.45) is 0.385. The van der Waals surface area contributed by atoms with E-state index >= 15 is 0 Å². The second kappa shape index (κ2) is 10.9. The minimum atomic E-state index is -3.68. The topological polar surface area (TPSA) is 122 Å². The molecule has 1 saturated heterocycles. The maximum atomic E-state index is 12.8. The number of morpholine rings is 1. The standard InChI is InChI=1S/C22H29N3O6S/c1-30-18-4-8-20(9-5-18)32(28,29)19-6-2-17(3-7-19)16-25(27)21(22(23)26)10-11-24-12-14-31-15-13-24/h2-9,21,27H,10-16H2,1H3,(H2,23,26). The number of carbonyl (C=O) groups excluding carboxylic acids is 1. The zero-order chi connectivity index (χ0) is 23.1. The summed E-state index contributed by atoms with van der Waals surface area (Å²) in [6.45, 7) is 3.51. The molecule has 32 heavy (non-hydrogen) atoms. The summed E-state index contributed by atoms with van der Waals surface area (Å²) < 4.78 is 36.0. The van der Waals surface area contributed by atoms with Gasteiger partial charge in [0.15, 0.2) is 0 Å². The van der Waals surface area contributed by atoms with E-state index in [2.05, 4.69) is 4.90 Å². The highest BCUT2D eigenvalue weighted by Crippen LogP contribution is 2.23. The fraction of sp³-hybridized carbons (Fsp3) is 0.409. The van der Waals surface area contributed by atoms with Gasteiger partial charge in [0, 0.05) is 26.2 Å². The fourth-order valence-electron chi connectivity index (χ4n) is 3.53. The summed E-state index contributed by atoms with van der Waals surface area (Å²) in [6, 6.07) is 11.5. The van der Waals surface area contributed by atoms with Gasteiger partial charge in [0.25, 0.3) is 0 Å². The number of hydroxylamine groups is 2. The number of benzene rings is 2. The van der Waals surface area contributed by atoms with Crippen molar-refractivity contribution in [3.8, 4) is 5.75 Å². The van der Waals surface area contributed by atoms with Crippen molar-refractivity contribution in [1.82, 2.24) is 9.96 Å². The normalized spacial score (nSPS) is 16.1. The Bertz CT molecular complexity index is 989. The van der Waals surface area contributed by atoms with Gasteiger partial charge in [-0.25, -0.2) is 8.42 Å². The predicted molar refractivity (Wildman–Crippen MR) is 117 cm³/mol. The number of primary amides is 1. The van der Waals surface area contributed by atoms with E-state index in [1.807, 2.05) is 0 Å². The number of amides is 1. The highest BCUT2D eigenvalue weighted by Gasteiger charge is 2.25. The lowest BCUT2D eigenvalue weighted by Crippen LogP contribution is -2.46. The van der Waals surface area contributed by atoms with Gasteiger partial charge in [0.05, 0.1) is 30.1 Å². The van der Waals surface area contributed by atoms with Gasteiger partial charge in [-0.2, -0.15) is 5.06 Å². The van der Waals surface area contributed by atoms with Crippen LogP contribution in [0.4, 0.5) is 0 Å². The fourth-order valence-corrected chi connectivity index (χ4v) is 4.79. The molecule has 1 atom stereocenters. The maximum Gasteiger partial charge on any atom is 0.237 e. The van der Waals surface area contributed by atoms with Gasteiger partial charge in [-0.15, -0.1) is 0 Å². The van der Waals surface area contributed by atoms with Gasteiger partial charge in [-0.3, -0.25) is 9.69 Å². The van der Waals surface area contributed by atoms with Crippen LogP contribution in [0.5, 0.6) is 5.75 Å². The Morgan fingerprint density at radius 3 is 2.22 bits per heavy atom. The zero-order valence-electron chi connectivity index (χ0n) is 18.0. The Morgan fingerprint density at radius 2 is 1.69 bits per heavy atom. The first-order valence-electron chi connectivity index (χ1n) is 10.3. The van der Waals surface area contributed by atoms with E-state index in [1.54, 1.807) is 24.3 Å². The van der Waals surface area contributed by atoms with E-state index in [9.17, 15) is 18.4 Å². The highest BCUT2D eigenvalue weighted by atomic mass is 32.2.